The van der Waals surface area contributed by atoms with Crippen LogP contribution in [0.5, 0.6) is 0 Å². The van der Waals surface area contributed by atoms with Crippen LogP contribution >= 0.6 is 0 Å². The summed E-state index contributed by atoms with van der Waals surface area (Å²) in [4.78, 5) is 37.9. The molecule has 0 radical (unpaired) electrons. The topological polar surface area (TPSA) is 83.8 Å². The molecule has 0 unspecified atom stereocenters. The van der Waals surface area contributed by atoms with Gasteiger partial charge < -0.3 is 9.80 Å². The molecule has 2 amide bonds. The molecule has 3 rings (SSSR count). The minimum Gasteiger partial charge on any atom is -0.325 e. The first-order chi connectivity index (χ1) is 12.8. The molecule has 1 saturated heterocycles. The lowest BCUT2D eigenvalue weighted by Crippen LogP contribution is -2.58. The van der Waals surface area contributed by atoms with Gasteiger partial charge in [-0.1, -0.05) is 0 Å². The van der Waals surface area contributed by atoms with Crippen molar-refractivity contribution >= 4 is 23.2 Å². The number of carbonyl (C=O) groups is 2. The van der Waals surface area contributed by atoms with Gasteiger partial charge in [-0.15, -0.1) is 0 Å². The van der Waals surface area contributed by atoms with Crippen molar-refractivity contribution in [3.05, 3.63) is 69.8 Å². The fraction of sp³-hybridized carbons (Fsp3) is 0.222. The molecule has 0 bridgehead atoms. The summed E-state index contributed by atoms with van der Waals surface area (Å²) in [5.74, 6) is -2.55. The Balaban J connectivity index is 1.79. The largest absolute Gasteiger partial charge is 0.325 e. The number of piperazine rings is 1. The van der Waals surface area contributed by atoms with Gasteiger partial charge in [0.2, 0.25) is 5.91 Å². The highest BCUT2D eigenvalue weighted by Crippen LogP contribution is 2.25. The fourth-order valence-electron chi connectivity index (χ4n) is 2.98. The summed E-state index contributed by atoms with van der Waals surface area (Å²) in [6.07, 6.45) is 0. The molecule has 1 atom stereocenters. The van der Waals surface area contributed by atoms with Crippen LogP contribution in [0.25, 0.3) is 0 Å². The molecule has 1 aliphatic rings. The first-order valence-corrected chi connectivity index (χ1v) is 8.11. The van der Waals surface area contributed by atoms with Crippen LogP contribution in [0.1, 0.15) is 17.3 Å². The number of anilines is 1. The average Bonchev–Trinajstić information content (AvgIpc) is 2.64. The van der Waals surface area contributed by atoms with Gasteiger partial charge in [0.15, 0.2) is 0 Å². The maximum absolute atomic E-state index is 14.0. The number of nitro benzene ring substituents is 1. The number of benzene rings is 2. The Hall–Kier alpha value is -3.36. The number of hydrogen-bond donors (Lipinski definition) is 0. The van der Waals surface area contributed by atoms with E-state index in [9.17, 15) is 28.5 Å². The number of halogens is 2. The quantitative estimate of drug-likeness (QED) is 0.610. The lowest BCUT2D eigenvalue weighted by Gasteiger charge is -2.39. The molecular weight excluding hydrogens is 360 g/mol. The van der Waals surface area contributed by atoms with Gasteiger partial charge in [-0.3, -0.25) is 19.7 Å². The molecule has 7 nitrogen and oxygen atoms in total. The molecular formula is C18H15F2N3O4. The molecule has 0 saturated carbocycles. The van der Waals surface area contributed by atoms with E-state index in [4.69, 9.17) is 0 Å². The van der Waals surface area contributed by atoms with Gasteiger partial charge in [0.1, 0.15) is 17.7 Å². The number of nitro groups is 1. The van der Waals surface area contributed by atoms with Crippen molar-refractivity contribution in [1.29, 1.82) is 0 Å². The zero-order chi connectivity index (χ0) is 19.7. The van der Waals surface area contributed by atoms with E-state index in [0.29, 0.717) is 6.07 Å². The van der Waals surface area contributed by atoms with Gasteiger partial charge in [0.05, 0.1) is 10.6 Å². The molecule has 1 fully saturated rings. The Morgan fingerprint density at radius 3 is 2.41 bits per heavy atom. The maximum atomic E-state index is 14.0. The molecule has 1 aliphatic heterocycles. The second-order valence-corrected chi connectivity index (χ2v) is 6.06. The minimum atomic E-state index is -0.870. The van der Waals surface area contributed by atoms with Crippen LogP contribution in [-0.2, 0) is 4.79 Å². The number of amides is 2. The fourth-order valence-corrected chi connectivity index (χ4v) is 2.98. The number of rotatable bonds is 3. The number of carbonyl (C=O) groups excluding carboxylic acids is 2. The number of non-ortho nitro benzene ring substituents is 1. The highest BCUT2D eigenvalue weighted by Gasteiger charge is 2.36. The third-order valence-electron chi connectivity index (χ3n) is 4.44. The second kappa shape index (κ2) is 7.10. The Kier molecular flexibility index (Phi) is 4.85. The summed E-state index contributed by atoms with van der Waals surface area (Å²) >= 11 is 0. The molecule has 0 spiro atoms. The van der Waals surface area contributed by atoms with Crippen LogP contribution in [0.3, 0.4) is 0 Å². The molecule has 0 aliphatic carbocycles. The van der Waals surface area contributed by atoms with Gasteiger partial charge in [0, 0.05) is 36.9 Å². The minimum absolute atomic E-state index is 0.0457. The molecule has 0 N–H and O–H groups in total. The van der Waals surface area contributed by atoms with Crippen LogP contribution < -0.4 is 4.90 Å². The first kappa shape index (κ1) is 18.4. The summed E-state index contributed by atoms with van der Waals surface area (Å²) in [6, 6.07) is 7.14. The van der Waals surface area contributed by atoms with Crippen LogP contribution in [0.4, 0.5) is 20.2 Å². The molecule has 0 aromatic heterocycles. The zero-order valence-corrected chi connectivity index (χ0v) is 14.3. The zero-order valence-electron chi connectivity index (χ0n) is 14.3. The third kappa shape index (κ3) is 3.48. The Bertz CT molecular complexity index is 917. The molecule has 2 aromatic carbocycles. The highest BCUT2D eigenvalue weighted by molar-refractivity contribution is 6.03. The van der Waals surface area contributed by atoms with E-state index in [1.165, 1.54) is 47.1 Å². The summed E-state index contributed by atoms with van der Waals surface area (Å²) in [6.45, 7) is 1.70. The average molecular weight is 375 g/mol. The smallest absolute Gasteiger partial charge is 0.269 e. The van der Waals surface area contributed by atoms with Crippen molar-refractivity contribution in [2.75, 3.05) is 18.0 Å². The second-order valence-electron chi connectivity index (χ2n) is 6.06. The van der Waals surface area contributed by atoms with E-state index >= 15 is 0 Å². The number of nitrogens with zero attached hydrogens (tertiary/aromatic N) is 3. The summed E-state index contributed by atoms with van der Waals surface area (Å²) < 4.78 is 27.1. The monoisotopic (exact) mass is 375 g/mol. The highest BCUT2D eigenvalue weighted by atomic mass is 19.1. The molecule has 2 aromatic rings. The van der Waals surface area contributed by atoms with Crippen molar-refractivity contribution in [2.24, 2.45) is 0 Å². The van der Waals surface area contributed by atoms with Gasteiger partial charge >= 0.3 is 0 Å². The molecule has 1 heterocycles. The Labute approximate surface area is 152 Å². The summed E-state index contributed by atoms with van der Waals surface area (Å²) in [5.41, 5.74) is 0.0182. The van der Waals surface area contributed by atoms with E-state index < -0.39 is 34.4 Å². The molecule has 9 heteroatoms. The van der Waals surface area contributed by atoms with Crippen LogP contribution in [0.2, 0.25) is 0 Å². The van der Waals surface area contributed by atoms with Crippen molar-refractivity contribution in [1.82, 2.24) is 4.90 Å². The Morgan fingerprint density at radius 2 is 1.81 bits per heavy atom. The lowest BCUT2D eigenvalue weighted by molar-refractivity contribution is -0.384. The van der Waals surface area contributed by atoms with Crippen molar-refractivity contribution in [3.63, 3.8) is 0 Å². The third-order valence-corrected chi connectivity index (χ3v) is 4.44. The number of hydrogen-bond acceptors (Lipinski definition) is 4. The maximum Gasteiger partial charge on any atom is 0.269 e. The SMILES string of the molecule is C[C@@H]1C(=O)N(c2ccc(F)cc2F)CCN1C(=O)c1ccc([N+](=O)[O-])cc1. The lowest BCUT2D eigenvalue weighted by atomic mass is 10.1. The van der Waals surface area contributed by atoms with Gasteiger partial charge in [-0.25, -0.2) is 8.78 Å². The standard InChI is InChI=1S/C18H15F2N3O4/c1-11-17(24)22(16-7-4-13(19)10-15(16)20)9-8-21(11)18(25)12-2-5-14(6-3-12)23(26)27/h2-7,10-11H,8-9H2,1H3/t11-/m1/s1. The summed E-state index contributed by atoms with van der Waals surface area (Å²) in [7, 11) is 0. The van der Waals surface area contributed by atoms with Crippen molar-refractivity contribution < 1.29 is 23.3 Å². The van der Waals surface area contributed by atoms with E-state index in [0.717, 1.165) is 6.07 Å². The van der Waals surface area contributed by atoms with E-state index in [1.54, 1.807) is 0 Å². The first-order valence-electron chi connectivity index (χ1n) is 8.11. The molecule has 140 valence electrons. The molecule has 27 heavy (non-hydrogen) atoms. The van der Waals surface area contributed by atoms with Crippen LogP contribution in [0, 0.1) is 21.7 Å². The predicted octanol–water partition coefficient (Wildman–Crippen LogP) is 2.75. The van der Waals surface area contributed by atoms with Gasteiger partial charge in [-0.05, 0) is 31.2 Å². The van der Waals surface area contributed by atoms with Crippen molar-refractivity contribution in [2.45, 2.75) is 13.0 Å². The normalized spacial score (nSPS) is 17.1. The van der Waals surface area contributed by atoms with Gasteiger partial charge in [-0.2, -0.15) is 0 Å². The Morgan fingerprint density at radius 1 is 1.15 bits per heavy atom. The van der Waals surface area contributed by atoms with E-state index in [-0.39, 0.29) is 30.0 Å². The predicted molar refractivity (Wildman–Crippen MR) is 92.3 cm³/mol. The van der Waals surface area contributed by atoms with E-state index in [2.05, 4.69) is 0 Å². The van der Waals surface area contributed by atoms with Crippen LogP contribution in [0.15, 0.2) is 42.5 Å². The van der Waals surface area contributed by atoms with Gasteiger partial charge in [0.25, 0.3) is 11.6 Å². The van der Waals surface area contributed by atoms with Crippen molar-refractivity contribution in [3.8, 4) is 0 Å². The van der Waals surface area contributed by atoms with E-state index in [1.807, 2.05) is 0 Å². The van der Waals surface area contributed by atoms with Crippen LogP contribution in [-0.4, -0.2) is 40.8 Å². The summed E-state index contributed by atoms with van der Waals surface area (Å²) in [5, 5.41) is 10.7.